The largest absolute Gasteiger partial charge is 0.248 e. The lowest BCUT2D eigenvalue weighted by Gasteiger charge is -2.12. The molecule has 220 valence electrons. The summed E-state index contributed by atoms with van der Waals surface area (Å²) < 4.78 is 2.67. The fraction of sp³-hybridized carbons (Fsp3) is 0. The summed E-state index contributed by atoms with van der Waals surface area (Å²) in [6.45, 7) is 0. The first-order chi connectivity index (χ1) is 23.3. The Morgan fingerprint density at radius 3 is 1.60 bits per heavy atom. The molecule has 0 bridgehead atoms. The third-order valence-corrected chi connectivity index (χ3v) is 10.3. The molecular weight excluding hydrogens is 587 g/mol. The van der Waals surface area contributed by atoms with Gasteiger partial charge < -0.3 is 0 Å². The number of hydrogen-bond donors (Lipinski definition) is 0. The molecule has 0 N–H and O–H groups in total. The van der Waals surface area contributed by atoms with Gasteiger partial charge in [0.15, 0.2) is 0 Å². The molecule has 0 atom stereocenters. The summed E-state index contributed by atoms with van der Waals surface area (Å²) in [5.74, 6) is 0. The zero-order chi connectivity index (χ0) is 31.2. The van der Waals surface area contributed by atoms with E-state index in [2.05, 4.69) is 164 Å². The third kappa shape index (κ3) is 5.00. The average molecular weight is 616 g/mol. The van der Waals surface area contributed by atoms with Crippen LogP contribution < -0.4 is 0 Å². The lowest BCUT2D eigenvalue weighted by atomic mass is 9.94. The van der Waals surface area contributed by atoms with Crippen LogP contribution in [0.4, 0.5) is 0 Å². The Kier molecular flexibility index (Phi) is 6.73. The van der Waals surface area contributed by atoms with Gasteiger partial charge in [0.25, 0.3) is 0 Å². The number of aromatic nitrogens is 1. The van der Waals surface area contributed by atoms with Crippen molar-refractivity contribution in [2.45, 2.75) is 0 Å². The standard InChI is InChI=1S/C45H29NS/c1-3-13-31(14-4-1)41-28-37(29-42(46-41)32-15-5-2-6-16-32)35-19-9-17-33(26-35)34-18-10-20-36(27-34)39-22-11-23-40-44-38-21-8-7-12-30(38)24-25-43(44)47-45(39)40/h1-29H. The molecule has 0 aliphatic heterocycles. The van der Waals surface area contributed by atoms with E-state index in [0.29, 0.717) is 0 Å². The molecule has 0 amide bonds. The summed E-state index contributed by atoms with van der Waals surface area (Å²) in [4.78, 5) is 5.08. The van der Waals surface area contributed by atoms with Crippen molar-refractivity contribution in [1.29, 1.82) is 0 Å². The van der Waals surface area contributed by atoms with Crippen molar-refractivity contribution in [2.24, 2.45) is 0 Å². The summed E-state index contributed by atoms with van der Waals surface area (Å²) >= 11 is 1.89. The van der Waals surface area contributed by atoms with E-state index in [1.165, 1.54) is 58.8 Å². The van der Waals surface area contributed by atoms with Crippen molar-refractivity contribution >= 4 is 42.3 Å². The minimum Gasteiger partial charge on any atom is -0.248 e. The highest BCUT2D eigenvalue weighted by molar-refractivity contribution is 7.26. The van der Waals surface area contributed by atoms with Crippen LogP contribution in [-0.4, -0.2) is 4.98 Å². The smallest absolute Gasteiger partial charge is 0.0715 e. The Morgan fingerprint density at radius 2 is 0.894 bits per heavy atom. The molecular formula is C45H29NS. The van der Waals surface area contributed by atoms with Gasteiger partial charge in [0.1, 0.15) is 0 Å². The first-order valence-electron chi connectivity index (χ1n) is 16.0. The Morgan fingerprint density at radius 1 is 0.362 bits per heavy atom. The topological polar surface area (TPSA) is 12.9 Å². The van der Waals surface area contributed by atoms with Gasteiger partial charge in [0.05, 0.1) is 11.4 Å². The van der Waals surface area contributed by atoms with Gasteiger partial charge in [-0.1, -0.05) is 146 Å². The number of benzene rings is 7. The summed E-state index contributed by atoms with van der Waals surface area (Å²) in [6.07, 6.45) is 0. The van der Waals surface area contributed by atoms with Crippen molar-refractivity contribution in [3.8, 4) is 55.9 Å². The second-order valence-corrected chi connectivity index (χ2v) is 13.0. The second-order valence-electron chi connectivity index (χ2n) is 12.0. The van der Waals surface area contributed by atoms with Crippen molar-refractivity contribution in [3.05, 3.63) is 176 Å². The van der Waals surface area contributed by atoms with E-state index in [4.69, 9.17) is 4.98 Å². The molecule has 0 radical (unpaired) electrons. The Bertz CT molecular complexity index is 2510. The number of nitrogens with zero attached hydrogens (tertiary/aromatic N) is 1. The summed E-state index contributed by atoms with van der Waals surface area (Å²) in [5, 5.41) is 5.29. The maximum absolute atomic E-state index is 5.08. The molecule has 9 rings (SSSR count). The Labute approximate surface area is 278 Å². The van der Waals surface area contributed by atoms with Crippen LogP contribution in [0.3, 0.4) is 0 Å². The van der Waals surface area contributed by atoms with E-state index in [1.54, 1.807) is 0 Å². The number of rotatable bonds is 5. The van der Waals surface area contributed by atoms with E-state index >= 15 is 0 Å². The molecule has 1 nitrogen and oxygen atoms in total. The Hall–Kier alpha value is -5.83. The Balaban J connectivity index is 1.15. The van der Waals surface area contributed by atoms with Gasteiger partial charge in [0.2, 0.25) is 0 Å². The first-order valence-corrected chi connectivity index (χ1v) is 16.8. The van der Waals surface area contributed by atoms with E-state index < -0.39 is 0 Å². The predicted octanol–water partition coefficient (Wildman–Crippen LogP) is 12.9. The van der Waals surface area contributed by atoms with Crippen LogP contribution in [0.15, 0.2) is 176 Å². The number of hydrogen-bond acceptors (Lipinski definition) is 2. The van der Waals surface area contributed by atoms with Crippen LogP contribution in [-0.2, 0) is 0 Å². The van der Waals surface area contributed by atoms with Crippen LogP contribution in [0, 0.1) is 0 Å². The minimum absolute atomic E-state index is 0.971. The van der Waals surface area contributed by atoms with E-state index in [1.807, 2.05) is 23.5 Å². The maximum Gasteiger partial charge on any atom is 0.0715 e. The monoisotopic (exact) mass is 615 g/mol. The van der Waals surface area contributed by atoms with Gasteiger partial charge in [-0.2, -0.15) is 0 Å². The normalized spacial score (nSPS) is 11.4. The SMILES string of the molecule is c1ccc(-c2cc(-c3cccc(-c4cccc(-c5cccc6c5sc5ccc7ccccc7c56)c4)c3)cc(-c3ccccc3)n2)cc1. The maximum atomic E-state index is 5.08. The van der Waals surface area contributed by atoms with Gasteiger partial charge >= 0.3 is 0 Å². The third-order valence-electron chi connectivity index (χ3n) is 9.05. The van der Waals surface area contributed by atoms with Crippen molar-refractivity contribution < 1.29 is 0 Å². The highest BCUT2D eigenvalue weighted by Gasteiger charge is 2.14. The van der Waals surface area contributed by atoms with Gasteiger partial charge in [-0.15, -0.1) is 11.3 Å². The zero-order valence-corrected chi connectivity index (χ0v) is 26.4. The van der Waals surface area contributed by atoms with E-state index in [-0.39, 0.29) is 0 Å². The lowest BCUT2D eigenvalue weighted by molar-refractivity contribution is 1.32. The van der Waals surface area contributed by atoms with Crippen LogP contribution in [0.5, 0.6) is 0 Å². The average Bonchev–Trinajstić information content (AvgIpc) is 3.55. The molecule has 7 aromatic carbocycles. The number of fused-ring (bicyclic) bond motifs is 5. The molecule has 0 saturated carbocycles. The molecule has 47 heavy (non-hydrogen) atoms. The van der Waals surface area contributed by atoms with Crippen molar-refractivity contribution in [1.82, 2.24) is 4.98 Å². The fourth-order valence-electron chi connectivity index (χ4n) is 6.75. The predicted molar refractivity (Wildman–Crippen MR) is 202 cm³/mol. The highest BCUT2D eigenvalue weighted by Crippen LogP contribution is 2.43. The van der Waals surface area contributed by atoms with Crippen molar-refractivity contribution in [3.63, 3.8) is 0 Å². The second kappa shape index (κ2) is 11.5. The fourth-order valence-corrected chi connectivity index (χ4v) is 8.00. The molecule has 9 aromatic rings. The van der Waals surface area contributed by atoms with Crippen LogP contribution in [0.1, 0.15) is 0 Å². The van der Waals surface area contributed by atoms with Gasteiger partial charge in [-0.05, 0) is 74.5 Å². The van der Waals surface area contributed by atoms with Crippen LogP contribution in [0.25, 0.3) is 86.8 Å². The lowest BCUT2D eigenvalue weighted by Crippen LogP contribution is -1.91. The van der Waals surface area contributed by atoms with E-state index in [9.17, 15) is 0 Å². The number of pyridine rings is 1. The van der Waals surface area contributed by atoms with Crippen LogP contribution in [0.2, 0.25) is 0 Å². The highest BCUT2D eigenvalue weighted by atomic mass is 32.1. The molecule has 0 unspecified atom stereocenters. The molecule has 2 aromatic heterocycles. The summed E-state index contributed by atoms with van der Waals surface area (Å²) in [6, 6.07) is 63.2. The van der Waals surface area contributed by atoms with Gasteiger partial charge in [0, 0.05) is 31.3 Å². The minimum atomic E-state index is 0.971. The molecule has 0 saturated heterocycles. The van der Waals surface area contributed by atoms with Gasteiger partial charge in [-0.25, -0.2) is 4.98 Å². The van der Waals surface area contributed by atoms with Crippen LogP contribution >= 0.6 is 11.3 Å². The quantitative estimate of drug-likeness (QED) is 0.188. The molecule has 0 spiro atoms. The zero-order valence-electron chi connectivity index (χ0n) is 25.6. The van der Waals surface area contributed by atoms with Crippen molar-refractivity contribution in [2.75, 3.05) is 0 Å². The summed E-state index contributed by atoms with van der Waals surface area (Å²) in [5.41, 5.74) is 11.4. The first kappa shape index (κ1) is 27.5. The molecule has 0 aliphatic rings. The molecule has 2 heterocycles. The van der Waals surface area contributed by atoms with E-state index in [0.717, 1.165) is 28.1 Å². The molecule has 0 aliphatic carbocycles. The molecule has 0 fully saturated rings. The molecule has 2 heteroatoms. The van der Waals surface area contributed by atoms with Gasteiger partial charge in [-0.3, -0.25) is 0 Å². The number of thiophene rings is 1. The summed E-state index contributed by atoms with van der Waals surface area (Å²) in [7, 11) is 0.